The van der Waals surface area contributed by atoms with Crippen LogP contribution in [0.5, 0.6) is 0 Å². The van der Waals surface area contributed by atoms with Crippen LogP contribution in [0.3, 0.4) is 0 Å². The van der Waals surface area contributed by atoms with Crippen LogP contribution in [0.25, 0.3) is 11.4 Å². The molecule has 2 amide bonds. The quantitative estimate of drug-likeness (QED) is 0.438. The highest BCUT2D eigenvalue weighted by molar-refractivity contribution is 5.78. The number of halogens is 2. The van der Waals surface area contributed by atoms with Crippen molar-refractivity contribution in [2.75, 3.05) is 101 Å². The maximum Gasteiger partial charge on any atom is 0.410 e. The Morgan fingerprint density at radius 1 is 0.957 bits per heavy atom. The van der Waals surface area contributed by atoms with E-state index in [-0.39, 0.29) is 35.9 Å². The van der Waals surface area contributed by atoms with Crippen molar-refractivity contribution in [3.05, 3.63) is 11.9 Å². The lowest BCUT2D eigenvalue weighted by Crippen LogP contribution is -2.52. The first-order chi connectivity index (χ1) is 22.4. The van der Waals surface area contributed by atoms with Gasteiger partial charge in [0, 0.05) is 65.1 Å². The Labute approximate surface area is 273 Å². The van der Waals surface area contributed by atoms with Crippen LogP contribution in [0.4, 0.5) is 31.4 Å². The highest BCUT2D eigenvalue weighted by atomic mass is 19.3. The first-order valence-electron chi connectivity index (χ1n) is 16.0. The monoisotopic (exact) mass is 661 g/mol. The fraction of sp³-hybridized carbons (Fsp3) is 0.700. The molecule has 0 aliphatic carbocycles. The molecule has 2 N–H and O–H groups in total. The molecule has 0 aromatic carbocycles. The number of ether oxygens (including phenoxy) is 2. The molecule has 2 aromatic heterocycles. The number of morpholine rings is 1. The molecular weight excluding hydrogens is 616 g/mol. The molecule has 0 atom stereocenters. The Bertz CT molecular complexity index is 1390. The van der Waals surface area contributed by atoms with Crippen molar-refractivity contribution < 1.29 is 27.8 Å². The summed E-state index contributed by atoms with van der Waals surface area (Å²) in [5.74, 6) is 0.867. The smallest absolute Gasteiger partial charge is 0.410 e. The molecule has 5 rings (SSSR count). The molecule has 5 heterocycles. The molecule has 3 fully saturated rings. The second-order valence-corrected chi connectivity index (χ2v) is 13.2. The van der Waals surface area contributed by atoms with Gasteiger partial charge in [-0.25, -0.2) is 23.5 Å². The summed E-state index contributed by atoms with van der Waals surface area (Å²) < 4.78 is 38.8. The van der Waals surface area contributed by atoms with E-state index in [1.807, 2.05) is 47.4 Å². The minimum Gasteiger partial charge on any atom is -0.444 e. The van der Waals surface area contributed by atoms with Crippen LogP contribution >= 0.6 is 0 Å². The molecule has 3 aliphatic rings. The minimum absolute atomic E-state index is 0.0141. The standard InChI is InChI=1S/C30H45F2N11O4/c1-30(2,3)47-29(45)43-7-5-20(6-8-43)18-39(4)19-22(44)40-9-11-41(12-10-40)27-36-25(21-17-34-26(33)35-23(21)24(31)32)37-28(38-27)42-13-15-46-16-14-42/h17,20,24H,5-16,18-19H2,1-4H3,(H2,33,34,35). The largest absolute Gasteiger partial charge is 0.444 e. The lowest BCUT2D eigenvalue weighted by molar-refractivity contribution is -0.132. The van der Waals surface area contributed by atoms with Crippen LogP contribution < -0.4 is 15.5 Å². The summed E-state index contributed by atoms with van der Waals surface area (Å²) in [5, 5.41) is 0. The van der Waals surface area contributed by atoms with E-state index in [2.05, 4.69) is 19.9 Å². The Hall–Kier alpha value is -3.99. The van der Waals surface area contributed by atoms with E-state index in [1.54, 1.807) is 4.90 Å². The Kier molecular flexibility index (Phi) is 10.8. The fourth-order valence-electron chi connectivity index (χ4n) is 5.89. The summed E-state index contributed by atoms with van der Waals surface area (Å²) in [4.78, 5) is 56.5. The summed E-state index contributed by atoms with van der Waals surface area (Å²) in [6, 6.07) is 0. The van der Waals surface area contributed by atoms with Gasteiger partial charge in [-0.3, -0.25) is 9.69 Å². The van der Waals surface area contributed by atoms with Gasteiger partial charge in [0.2, 0.25) is 23.8 Å². The van der Waals surface area contributed by atoms with Crippen LogP contribution in [0.1, 0.15) is 45.7 Å². The number of likely N-dealkylation sites (tertiary alicyclic amines) is 1. The van der Waals surface area contributed by atoms with Gasteiger partial charge in [-0.1, -0.05) is 0 Å². The van der Waals surface area contributed by atoms with Gasteiger partial charge in [-0.15, -0.1) is 0 Å². The number of aromatic nitrogens is 5. The first kappa shape index (κ1) is 34.3. The molecular formula is C30H45F2N11O4. The highest BCUT2D eigenvalue weighted by Crippen LogP contribution is 2.30. The lowest BCUT2D eigenvalue weighted by Gasteiger charge is -2.37. The highest BCUT2D eigenvalue weighted by Gasteiger charge is 2.30. The van der Waals surface area contributed by atoms with Gasteiger partial charge in [-0.2, -0.15) is 15.0 Å². The minimum atomic E-state index is -2.90. The van der Waals surface area contributed by atoms with Crippen molar-refractivity contribution in [2.45, 2.75) is 45.6 Å². The molecule has 17 heteroatoms. The number of amides is 2. The van der Waals surface area contributed by atoms with Crippen LogP contribution in [-0.4, -0.2) is 143 Å². The molecule has 0 bridgehead atoms. The number of hydrogen-bond acceptors (Lipinski definition) is 13. The van der Waals surface area contributed by atoms with E-state index in [9.17, 15) is 18.4 Å². The number of piperazine rings is 1. The Balaban J connectivity index is 1.18. The summed E-state index contributed by atoms with van der Waals surface area (Å²) in [6.07, 6.45) is -0.249. The molecule has 0 spiro atoms. The van der Waals surface area contributed by atoms with Crippen molar-refractivity contribution in [1.29, 1.82) is 0 Å². The number of alkyl halides is 2. The number of nitrogen functional groups attached to an aromatic ring is 1. The van der Waals surface area contributed by atoms with Crippen molar-refractivity contribution in [3.63, 3.8) is 0 Å². The second kappa shape index (κ2) is 14.8. The SMILES string of the molecule is CN(CC(=O)N1CCN(c2nc(-c3cnc(N)nc3C(F)F)nc(N3CCOCC3)n2)CC1)CC1CCN(C(=O)OC(C)(C)C)CC1. The van der Waals surface area contributed by atoms with E-state index >= 15 is 0 Å². The average molecular weight is 662 g/mol. The summed E-state index contributed by atoms with van der Waals surface area (Å²) in [6.45, 7) is 11.8. The molecule has 47 heavy (non-hydrogen) atoms. The van der Waals surface area contributed by atoms with E-state index in [0.717, 1.165) is 19.4 Å². The topological polar surface area (TPSA) is 159 Å². The third-order valence-electron chi connectivity index (χ3n) is 8.35. The molecule has 258 valence electrons. The van der Waals surface area contributed by atoms with Gasteiger partial charge in [0.15, 0.2) is 5.82 Å². The van der Waals surface area contributed by atoms with Gasteiger partial charge in [-0.05, 0) is 46.6 Å². The molecule has 0 saturated carbocycles. The number of hydrogen-bond donors (Lipinski definition) is 1. The van der Waals surface area contributed by atoms with Crippen molar-refractivity contribution in [1.82, 2.24) is 39.6 Å². The Morgan fingerprint density at radius 2 is 1.57 bits per heavy atom. The summed E-state index contributed by atoms with van der Waals surface area (Å²) in [5.41, 5.74) is 4.51. The predicted octanol–water partition coefficient (Wildman–Crippen LogP) is 1.91. The third kappa shape index (κ3) is 9.09. The third-order valence-corrected chi connectivity index (χ3v) is 8.35. The van der Waals surface area contributed by atoms with Crippen LogP contribution in [0.2, 0.25) is 0 Å². The average Bonchev–Trinajstić information content (AvgIpc) is 3.04. The van der Waals surface area contributed by atoms with Crippen LogP contribution in [-0.2, 0) is 14.3 Å². The zero-order valence-electron chi connectivity index (χ0n) is 27.6. The lowest BCUT2D eigenvalue weighted by atomic mass is 9.96. The molecule has 3 aliphatic heterocycles. The zero-order chi connectivity index (χ0) is 33.7. The number of nitrogens with two attached hydrogens (primary N) is 1. The van der Waals surface area contributed by atoms with E-state index in [4.69, 9.17) is 20.2 Å². The number of likely N-dealkylation sites (N-methyl/N-ethyl adjacent to an activating group) is 1. The van der Waals surface area contributed by atoms with Gasteiger partial charge in [0.05, 0.1) is 25.3 Å². The Morgan fingerprint density at radius 3 is 2.17 bits per heavy atom. The van der Waals surface area contributed by atoms with Crippen molar-refractivity contribution >= 4 is 29.8 Å². The number of anilines is 3. The number of rotatable bonds is 8. The second-order valence-electron chi connectivity index (χ2n) is 13.2. The van der Waals surface area contributed by atoms with Crippen LogP contribution in [0.15, 0.2) is 6.20 Å². The van der Waals surface area contributed by atoms with Gasteiger partial charge in [0.25, 0.3) is 6.43 Å². The number of carbonyl (C=O) groups excluding carboxylic acids is 2. The zero-order valence-corrected chi connectivity index (χ0v) is 27.6. The fourth-order valence-corrected chi connectivity index (χ4v) is 5.89. The maximum atomic E-state index is 13.9. The predicted molar refractivity (Wildman–Crippen MR) is 170 cm³/mol. The summed E-state index contributed by atoms with van der Waals surface area (Å²) >= 11 is 0. The van der Waals surface area contributed by atoms with Crippen molar-refractivity contribution in [3.8, 4) is 11.4 Å². The molecule has 2 aromatic rings. The molecule has 3 saturated heterocycles. The van der Waals surface area contributed by atoms with Crippen molar-refractivity contribution in [2.24, 2.45) is 5.92 Å². The van der Waals surface area contributed by atoms with E-state index < -0.39 is 17.7 Å². The number of piperidine rings is 1. The van der Waals surface area contributed by atoms with E-state index in [0.29, 0.717) is 83.4 Å². The number of nitrogens with zero attached hydrogens (tertiary/aromatic N) is 10. The first-order valence-corrected chi connectivity index (χ1v) is 16.0. The van der Waals surface area contributed by atoms with Crippen LogP contribution in [0, 0.1) is 5.92 Å². The van der Waals surface area contributed by atoms with Gasteiger partial charge in [0.1, 0.15) is 11.3 Å². The van der Waals surface area contributed by atoms with Gasteiger partial charge >= 0.3 is 6.09 Å². The summed E-state index contributed by atoms with van der Waals surface area (Å²) in [7, 11) is 1.95. The number of carbonyl (C=O) groups is 2. The van der Waals surface area contributed by atoms with E-state index in [1.165, 1.54) is 6.20 Å². The molecule has 0 radical (unpaired) electrons. The molecule has 0 unspecified atom stereocenters. The normalized spacial score (nSPS) is 18.3. The van der Waals surface area contributed by atoms with Gasteiger partial charge < -0.3 is 34.8 Å². The maximum absolute atomic E-state index is 13.9. The molecule has 15 nitrogen and oxygen atoms in total.